The van der Waals surface area contributed by atoms with E-state index in [-0.39, 0.29) is 29.5 Å². The van der Waals surface area contributed by atoms with Crippen LogP contribution in [0.5, 0.6) is 11.5 Å². The van der Waals surface area contributed by atoms with E-state index in [0.717, 1.165) is 18.4 Å². The van der Waals surface area contributed by atoms with Gasteiger partial charge < -0.3 is 26.4 Å². The van der Waals surface area contributed by atoms with Gasteiger partial charge in [0.2, 0.25) is 0 Å². The lowest BCUT2D eigenvalue weighted by Gasteiger charge is -2.30. The predicted molar refractivity (Wildman–Crippen MR) is 154 cm³/mol. The Labute approximate surface area is 235 Å². The van der Waals surface area contributed by atoms with Crippen molar-refractivity contribution >= 4 is 40.6 Å². The summed E-state index contributed by atoms with van der Waals surface area (Å²) >= 11 is 1.32. The Kier molecular flexibility index (Phi) is 7.97. The molecule has 1 aliphatic rings. The number of nitrogens with two attached hydrogens (primary N) is 2. The summed E-state index contributed by atoms with van der Waals surface area (Å²) in [5.74, 6) is 1.29. The fourth-order valence-electron chi connectivity index (χ4n) is 4.37. The van der Waals surface area contributed by atoms with Crippen LogP contribution in [0.4, 0.5) is 11.6 Å². The molecular formula is C28H28N8O3S. The molecule has 2 amide bonds. The van der Waals surface area contributed by atoms with Crippen LogP contribution in [0.1, 0.15) is 44.1 Å². The molecule has 0 spiro atoms. The number of pyridine rings is 2. The molecule has 0 aliphatic carbocycles. The Balaban J connectivity index is 1.29. The molecule has 3 aromatic heterocycles. The zero-order chi connectivity index (χ0) is 28.1. The van der Waals surface area contributed by atoms with E-state index in [1.54, 1.807) is 59.1 Å². The van der Waals surface area contributed by atoms with Crippen molar-refractivity contribution in [2.45, 2.75) is 25.8 Å². The van der Waals surface area contributed by atoms with E-state index in [0.29, 0.717) is 46.5 Å². The molecular weight excluding hydrogens is 528 g/mol. The zero-order valence-corrected chi connectivity index (χ0v) is 22.6. The quantitative estimate of drug-likeness (QED) is 0.228. The van der Waals surface area contributed by atoms with Gasteiger partial charge in [0, 0.05) is 48.7 Å². The van der Waals surface area contributed by atoms with E-state index in [1.807, 2.05) is 13.0 Å². The van der Waals surface area contributed by atoms with Gasteiger partial charge in [-0.2, -0.15) is 0 Å². The molecule has 0 bridgehead atoms. The maximum absolute atomic E-state index is 12.8. The number of nitrogen functional groups attached to an aromatic ring is 1. The van der Waals surface area contributed by atoms with Crippen molar-refractivity contribution in [3.05, 3.63) is 88.1 Å². The Morgan fingerprint density at radius 1 is 1.10 bits per heavy atom. The summed E-state index contributed by atoms with van der Waals surface area (Å²) in [6.07, 6.45) is 6.35. The van der Waals surface area contributed by atoms with Gasteiger partial charge in [-0.3, -0.25) is 14.6 Å². The average molecular weight is 557 g/mol. The SMILES string of the molecule is Cc1ccnc(NC(=O)c2ccc(Oc3ccnc(N)c3C(N)=NC3CCCN(C(=O)c4nccs4)C3)cc2)c1. The number of ether oxygens (including phenoxy) is 1. The molecule has 0 radical (unpaired) electrons. The molecule has 1 atom stereocenters. The first-order chi connectivity index (χ1) is 19.4. The third-order valence-electron chi connectivity index (χ3n) is 6.32. The summed E-state index contributed by atoms with van der Waals surface area (Å²) in [4.78, 5) is 44.3. The largest absolute Gasteiger partial charge is 0.456 e. The number of carbonyl (C=O) groups excluding carboxylic acids is 2. The second-order valence-corrected chi connectivity index (χ2v) is 10.2. The van der Waals surface area contributed by atoms with Gasteiger partial charge in [0.25, 0.3) is 11.8 Å². The van der Waals surface area contributed by atoms with Crippen LogP contribution in [0.2, 0.25) is 0 Å². The number of benzene rings is 1. The number of aromatic nitrogens is 3. The number of piperidine rings is 1. The number of carbonyl (C=O) groups is 2. The summed E-state index contributed by atoms with van der Waals surface area (Å²) in [5, 5.41) is 5.02. The molecule has 1 unspecified atom stereocenters. The third kappa shape index (κ3) is 6.24. The van der Waals surface area contributed by atoms with Crippen LogP contribution in [0.15, 0.2) is 71.4 Å². The molecule has 204 valence electrons. The van der Waals surface area contributed by atoms with Gasteiger partial charge in [-0.15, -0.1) is 11.3 Å². The Morgan fingerprint density at radius 2 is 1.90 bits per heavy atom. The molecule has 4 heterocycles. The van der Waals surface area contributed by atoms with Gasteiger partial charge in [-0.05, 0) is 61.7 Å². The highest BCUT2D eigenvalue weighted by atomic mass is 32.1. The van der Waals surface area contributed by atoms with Gasteiger partial charge in [-0.1, -0.05) is 0 Å². The summed E-state index contributed by atoms with van der Waals surface area (Å²) < 4.78 is 6.08. The normalized spacial score (nSPS) is 15.5. The molecule has 12 heteroatoms. The minimum Gasteiger partial charge on any atom is -0.456 e. The lowest BCUT2D eigenvalue weighted by atomic mass is 10.1. The fraction of sp³-hybridized carbons (Fsp3) is 0.214. The van der Waals surface area contributed by atoms with Crippen molar-refractivity contribution in [3.8, 4) is 11.5 Å². The van der Waals surface area contributed by atoms with Crippen molar-refractivity contribution in [2.75, 3.05) is 24.1 Å². The molecule has 5 N–H and O–H groups in total. The van der Waals surface area contributed by atoms with E-state index in [1.165, 1.54) is 17.5 Å². The molecule has 11 nitrogen and oxygen atoms in total. The standard InChI is InChI=1S/C28H28N8O3S/c1-17-8-10-31-22(15-17)35-26(37)18-4-6-20(7-5-18)39-21-9-11-32-24(29)23(21)25(30)34-19-3-2-13-36(16-19)28(38)27-33-12-14-40-27/h4-12,14-15,19H,2-3,13,16H2,1H3,(H2,29,32)(H2,30,34)(H,31,35,37). The predicted octanol–water partition coefficient (Wildman–Crippen LogP) is 3.88. The minimum absolute atomic E-state index is 0.106. The smallest absolute Gasteiger partial charge is 0.282 e. The van der Waals surface area contributed by atoms with E-state index >= 15 is 0 Å². The van der Waals surface area contributed by atoms with Crippen LogP contribution < -0.4 is 21.5 Å². The average Bonchev–Trinajstić information content (AvgIpc) is 3.48. The van der Waals surface area contributed by atoms with Gasteiger partial charge in [0.05, 0.1) is 6.04 Å². The highest BCUT2D eigenvalue weighted by molar-refractivity contribution is 7.11. The molecule has 5 rings (SSSR count). The molecule has 1 aromatic carbocycles. The van der Waals surface area contributed by atoms with Crippen molar-refractivity contribution in [3.63, 3.8) is 0 Å². The van der Waals surface area contributed by atoms with Crippen LogP contribution >= 0.6 is 11.3 Å². The first kappa shape index (κ1) is 26.8. The van der Waals surface area contributed by atoms with E-state index in [4.69, 9.17) is 21.2 Å². The maximum atomic E-state index is 12.8. The second-order valence-electron chi connectivity index (χ2n) is 9.27. The van der Waals surface area contributed by atoms with Crippen LogP contribution in [0.25, 0.3) is 0 Å². The summed E-state index contributed by atoms with van der Waals surface area (Å²) in [7, 11) is 0. The van der Waals surface area contributed by atoms with Crippen LogP contribution in [0.3, 0.4) is 0 Å². The monoisotopic (exact) mass is 556 g/mol. The van der Waals surface area contributed by atoms with Gasteiger partial charge >= 0.3 is 0 Å². The summed E-state index contributed by atoms with van der Waals surface area (Å²) in [6, 6.07) is 11.7. The number of nitrogens with zero attached hydrogens (tertiary/aromatic N) is 5. The number of amidine groups is 1. The van der Waals surface area contributed by atoms with Crippen LogP contribution in [-0.4, -0.2) is 56.6 Å². The Bertz CT molecular complexity index is 1540. The number of rotatable bonds is 7. The number of anilines is 2. The first-order valence-corrected chi connectivity index (χ1v) is 13.5. The number of hydrogen-bond donors (Lipinski definition) is 3. The Morgan fingerprint density at radius 3 is 2.65 bits per heavy atom. The summed E-state index contributed by atoms with van der Waals surface area (Å²) in [6.45, 7) is 3.00. The molecule has 1 fully saturated rings. The van der Waals surface area contributed by atoms with Crippen LogP contribution in [-0.2, 0) is 0 Å². The second kappa shape index (κ2) is 11.9. The van der Waals surface area contributed by atoms with Crippen molar-refractivity contribution in [2.24, 2.45) is 10.7 Å². The number of aryl methyl sites for hydroxylation is 1. The van der Waals surface area contributed by atoms with Crippen molar-refractivity contribution in [1.29, 1.82) is 0 Å². The van der Waals surface area contributed by atoms with Gasteiger partial charge in [0.15, 0.2) is 5.01 Å². The lowest BCUT2D eigenvalue weighted by molar-refractivity contribution is 0.0709. The van der Waals surface area contributed by atoms with Crippen molar-refractivity contribution < 1.29 is 14.3 Å². The number of aliphatic imine (C=N–C) groups is 1. The highest BCUT2D eigenvalue weighted by Gasteiger charge is 2.26. The van der Waals surface area contributed by atoms with E-state index in [2.05, 4.69) is 20.3 Å². The first-order valence-electron chi connectivity index (χ1n) is 12.7. The van der Waals surface area contributed by atoms with Crippen molar-refractivity contribution in [1.82, 2.24) is 19.9 Å². The van der Waals surface area contributed by atoms with E-state index < -0.39 is 0 Å². The maximum Gasteiger partial charge on any atom is 0.282 e. The van der Waals surface area contributed by atoms with Gasteiger partial charge in [-0.25, -0.2) is 15.0 Å². The molecule has 0 saturated carbocycles. The molecule has 4 aromatic rings. The summed E-state index contributed by atoms with van der Waals surface area (Å²) in [5.41, 5.74) is 14.4. The van der Waals surface area contributed by atoms with Crippen LogP contribution in [0, 0.1) is 6.92 Å². The van der Waals surface area contributed by atoms with Gasteiger partial charge in [0.1, 0.15) is 34.5 Å². The molecule has 1 saturated heterocycles. The molecule has 1 aliphatic heterocycles. The topological polar surface area (TPSA) is 162 Å². The number of likely N-dealkylation sites (tertiary alicyclic amines) is 1. The molecule has 40 heavy (non-hydrogen) atoms. The highest BCUT2D eigenvalue weighted by Crippen LogP contribution is 2.29. The number of amides is 2. The Hall–Kier alpha value is -4.84. The van der Waals surface area contributed by atoms with E-state index in [9.17, 15) is 9.59 Å². The zero-order valence-electron chi connectivity index (χ0n) is 21.8. The minimum atomic E-state index is -0.287. The number of nitrogens with one attached hydrogen (secondary N) is 1. The third-order valence-corrected chi connectivity index (χ3v) is 7.08. The fourth-order valence-corrected chi connectivity index (χ4v) is 4.97. The number of hydrogen-bond acceptors (Lipinski definition) is 9. The number of thiazole rings is 1. The lowest BCUT2D eigenvalue weighted by Crippen LogP contribution is -2.42.